The average Bonchev–Trinajstić information content (AvgIpc) is 2.98. The molecule has 46 heavy (non-hydrogen) atoms. The molecule has 4 aromatic rings. The van der Waals surface area contributed by atoms with E-state index in [0.29, 0.717) is 11.8 Å². The smallest absolute Gasteiger partial charge is 0.461 e. The Kier molecular flexibility index (Phi) is 9.01. The van der Waals surface area contributed by atoms with Gasteiger partial charge in [-0.05, 0) is 67.6 Å². The summed E-state index contributed by atoms with van der Waals surface area (Å²) in [6.45, 7) is 1.80. The second kappa shape index (κ2) is 12.3. The van der Waals surface area contributed by atoms with E-state index in [4.69, 9.17) is 0 Å². The first-order valence-electron chi connectivity index (χ1n) is 12.8. The van der Waals surface area contributed by atoms with Gasteiger partial charge in [-0.3, -0.25) is 15.1 Å². The van der Waals surface area contributed by atoms with Crippen LogP contribution in [0, 0.1) is 17.0 Å². The number of hydrogen-bond acceptors (Lipinski definition) is 8. The SMILES string of the molecule is Cc1ccc(Nc2ccc(S(=O)(=O)C(F)(F)C(F)(F)C(F)(F)F)c(Nc3ccc(N=Cc4cc([N+](=O)[O-])ccc4O)cc3)c2)cc1. The van der Waals surface area contributed by atoms with E-state index < -0.39 is 42.7 Å². The van der Waals surface area contributed by atoms with Crippen LogP contribution in [0.2, 0.25) is 0 Å². The third-order valence-corrected chi connectivity index (χ3v) is 8.26. The molecule has 0 saturated carbocycles. The highest BCUT2D eigenvalue weighted by Crippen LogP contribution is 2.52. The molecule has 0 atom stereocenters. The van der Waals surface area contributed by atoms with E-state index in [-0.39, 0.29) is 34.1 Å². The Bertz CT molecular complexity index is 1900. The van der Waals surface area contributed by atoms with E-state index in [9.17, 15) is 54.4 Å². The fourth-order valence-corrected chi connectivity index (χ4v) is 5.28. The number of anilines is 4. The fraction of sp³-hybridized carbons (Fsp3) is 0.138. The van der Waals surface area contributed by atoms with Gasteiger partial charge in [0, 0.05) is 41.0 Å². The summed E-state index contributed by atoms with van der Waals surface area (Å²) < 4.78 is 121. The highest BCUT2D eigenvalue weighted by atomic mass is 32.2. The summed E-state index contributed by atoms with van der Waals surface area (Å²) in [4.78, 5) is 12.8. The topological polar surface area (TPSA) is 134 Å². The lowest BCUT2D eigenvalue weighted by atomic mass is 10.2. The molecule has 0 aliphatic heterocycles. The number of non-ortho nitro benzene ring substituents is 1. The van der Waals surface area contributed by atoms with Gasteiger partial charge in [-0.25, -0.2) is 8.42 Å². The Morgan fingerprint density at radius 1 is 0.804 bits per heavy atom. The van der Waals surface area contributed by atoms with Crippen LogP contribution in [0.5, 0.6) is 5.75 Å². The number of nitro benzene ring substituents is 1. The lowest BCUT2D eigenvalue weighted by molar-refractivity contribution is -0.384. The number of nitrogens with one attached hydrogen (secondary N) is 2. The molecule has 9 nitrogen and oxygen atoms in total. The Morgan fingerprint density at radius 2 is 1.37 bits per heavy atom. The number of sulfone groups is 1. The number of aliphatic imine (C=N–C) groups is 1. The number of rotatable bonds is 10. The van der Waals surface area contributed by atoms with Crippen LogP contribution in [0.1, 0.15) is 11.1 Å². The third kappa shape index (κ3) is 6.73. The average molecular weight is 671 g/mol. The molecule has 0 saturated heterocycles. The number of nitro groups is 1. The number of phenols is 1. The molecule has 0 aliphatic rings. The lowest BCUT2D eigenvalue weighted by Crippen LogP contribution is -2.55. The first-order chi connectivity index (χ1) is 21.3. The second-order valence-corrected chi connectivity index (χ2v) is 11.7. The second-order valence-electron chi connectivity index (χ2n) is 9.72. The number of hydrogen-bond donors (Lipinski definition) is 3. The van der Waals surface area contributed by atoms with Gasteiger partial charge >= 0.3 is 17.4 Å². The van der Waals surface area contributed by atoms with Crippen molar-refractivity contribution < 1.29 is 49.2 Å². The molecule has 0 spiro atoms. The van der Waals surface area contributed by atoms with Gasteiger partial charge < -0.3 is 15.7 Å². The zero-order valence-corrected chi connectivity index (χ0v) is 24.0. The minimum atomic E-state index is -6.93. The van der Waals surface area contributed by atoms with Crippen LogP contribution >= 0.6 is 0 Å². The van der Waals surface area contributed by atoms with E-state index in [1.807, 2.05) is 0 Å². The van der Waals surface area contributed by atoms with Gasteiger partial charge in [0.05, 0.1) is 21.2 Å². The summed E-state index contributed by atoms with van der Waals surface area (Å²) in [7, 11) is -6.68. The van der Waals surface area contributed by atoms with Crippen LogP contribution in [0.3, 0.4) is 0 Å². The van der Waals surface area contributed by atoms with Crippen LogP contribution in [0.4, 0.5) is 64.9 Å². The molecule has 0 aromatic heterocycles. The summed E-state index contributed by atoms with van der Waals surface area (Å²) in [5.74, 6) is -7.24. The molecule has 0 aliphatic carbocycles. The number of alkyl halides is 7. The van der Waals surface area contributed by atoms with E-state index in [1.165, 1.54) is 24.3 Å². The molecule has 4 aromatic carbocycles. The Morgan fingerprint density at radius 3 is 1.96 bits per heavy atom. The van der Waals surface area contributed by atoms with Gasteiger partial charge in [0.15, 0.2) is 0 Å². The van der Waals surface area contributed by atoms with Crippen molar-refractivity contribution in [3.05, 3.63) is 106 Å². The molecule has 0 radical (unpaired) electrons. The van der Waals surface area contributed by atoms with E-state index in [0.717, 1.165) is 42.1 Å². The van der Waals surface area contributed by atoms with Crippen molar-refractivity contribution in [2.24, 2.45) is 4.99 Å². The van der Waals surface area contributed by atoms with Crippen molar-refractivity contribution in [3.63, 3.8) is 0 Å². The van der Waals surface area contributed by atoms with Crippen LogP contribution in [-0.4, -0.2) is 42.0 Å². The highest BCUT2D eigenvalue weighted by molar-refractivity contribution is 7.92. The van der Waals surface area contributed by atoms with Crippen LogP contribution < -0.4 is 10.6 Å². The minimum Gasteiger partial charge on any atom is -0.507 e. The molecule has 17 heteroatoms. The van der Waals surface area contributed by atoms with Gasteiger partial charge in [0.25, 0.3) is 15.5 Å². The number of benzene rings is 4. The number of nitrogens with zero attached hydrogens (tertiary/aromatic N) is 2. The normalized spacial score (nSPS) is 12.7. The van der Waals surface area contributed by atoms with Crippen molar-refractivity contribution in [1.29, 1.82) is 0 Å². The standard InChI is InChI=1S/C29H21F7N4O5S/c1-17-2-4-20(5-3-17)38-22-10-13-26(46(44,45)29(35,36)27(30,31)28(32,33)34)24(15-22)39-21-8-6-19(7-9-21)37-16-18-14-23(40(42)43)11-12-25(18)41/h2-16,38-39,41H,1H3. The zero-order valence-electron chi connectivity index (χ0n) is 23.2. The van der Waals surface area contributed by atoms with Gasteiger partial charge in [0.2, 0.25) is 0 Å². The monoisotopic (exact) mass is 670 g/mol. The maximum Gasteiger partial charge on any atom is 0.461 e. The van der Waals surface area contributed by atoms with Crippen molar-refractivity contribution in [2.45, 2.75) is 29.2 Å². The molecule has 0 heterocycles. The summed E-state index contributed by atoms with van der Waals surface area (Å²) in [6, 6.07) is 17.3. The molecule has 3 N–H and O–H groups in total. The summed E-state index contributed by atoms with van der Waals surface area (Å²) in [6.07, 6.45) is -5.78. The van der Waals surface area contributed by atoms with Crippen LogP contribution in [0.25, 0.3) is 0 Å². The molecule has 0 fully saturated rings. The number of halogens is 7. The Balaban J connectivity index is 1.71. The zero-order chi connectivity index (χ0) is 34.1. The molecular formula is C29H21F7N4O5S. The molecule has 0 amide bonds. The van der Waals surface area contributed by atoms with Crippen LogP contribution in [0.15, 0.2) is 94.8 Å². The van der Waals surface area contributed by atoms with Crippen LogP contribution in [-0.2, 0) is 9.84 Å². The largest absolute Gasteiger partial charge is 0.507 e. The summed E-state index contributed by atoms with van der Waals surface area (Å²) >= 11 is 0. The molecule has 4 rings (SSSR count). The van der Waals surface area contributed by atoms with E-state index in [2.05, 4.69) is 15.6 Å². The maximum atomic E-state index is 14.6. The van der Waals surface area contributed by atoms with E-state index >= 15 is 0 Å². The summed E-state index contributed by atoms with van der Waals surface area (Å²) in [5, 5.41) is 19.6. The van der Waals surface area contributed by atoms with Gasteiger partial charge in [-0.2, -0.15) is 30.7 Å². The third-order valence-electron chi connectivity index (χ3n) is 6.39. The molecule has 0 unspecified atom stereocenters. The minimum absolute atomic E-state index is 0.000674. The van der Waals surface area contributed by atoms with Crippen molar-refractivity contribution in [3.8, 4) is 5.75 Å². The fourth-order valence-electron chi connectivity index (χ4n) is 3.90. The predicted molar refractivity (Wildman–Crippen MR) is 156 cm³/mol. The highest BCUT2D eigenvalue weighted by Gasteiger charge is 2.78. The number of aryl methyl sites for hydroxylation is 1. The first kappa shape index (κ1) is 33.7. The van der Waals surface area contributed by atoms with Gasteiger partial charge in [-0.1, -0.05) is 17.7 Å². The Hall–Kier alpha value is -5.19. The van der Waals surface area contributed by atoms with Crippen molar-refractivity contribution in [1.82, 2.24) is 0 Å². The van der Waals surface area contributed by atoms with E-state index in [1.54, 1.807) is 31.2 Å². The van der Waals surface area contributed by atoms with Crippen molar-refractivity contribution in [2.75, 3.05) is 10.6 Å². The summed E-state index contributed by atoms with van der Waals surface area (Å²) in [5.41, 5.74) is 0.502. The molecule has 0 bridgehead atoms. The first-order valence-corrected chi connectivity index (χ1v) is 14.2. The molecular weight excluding hydrogens is 649 g/mol. The predicted octanol–water partition coefficient (Wildman–Crippen LogP) is 8.41. The van der Waals surface area contributed by atoms with Gasteiger partial charge in [-0.15, -0.1) is 0 Å². The maximum absolute atomic E-state index is 14.6. The quantitative estimate of drug-likeness (QED) is 0.0668. The molecule has 242 valence electrons. The number of phenolic OH excluding ortho intramolecular Hbond substituents is 1. The number of aromatic hydroxyl groups is 1. The lowest BCUT2D eigenvalue weighted by Gasteiger charge is -2.28. The Labute approximate surface area is 256 Å². The van der Waals surface area contributed by atoms with Gasteiger partial charge in [0.1, 0.15) is 5.75 Å². The van der Waals surface area contributed by atoms with Crippen molar-refractivity contribution >= 4 is 50.2 Å².